The first-order valence-corrected chi connectivity index (χ1v) is 5.50. The van der Waals surface area contributed by atoms with Crippen molar-refractivity contribution in [2.45, 2.75) is 6.42 Å². The first kappa shape index (κ1) is 12.0. The molecule has 0 radical (unpaired) electrons. The third-order valence-electron chi connectivity index (χ3n) is 2.37. The highest BCUT2D eigenvalue weighted by atomic mass is 16.6. The largest absolute Gasteiger partial charge is 0.369 e. The molecular formula is C12H12N4O2. The average Bonchev–Trinajstić information content (AvgIpc) is 2.40. The van der Waals surface area contributed by atoms with Gasteiger partial charge in [-0.25, -0.2) is 4.98 Å². The van der Waals surface area contributed by atoms with Gasteiger partial charge in [0.1, 0.15) is 5.82 Å². The number of nitrogens with zero attached hydrogens (tertiary/aromatic N) is 3. The summed E-state index contributed by atoms with van der Waals surface area (Å²) in [7, 11) is 0. The molecule has 0 aliphatic carbocycles. The fourth-order valence-corrected chi connectivity index (χ4v) is 1.49. The molecule has 0 aliphatic rings. The van der Waals surface area contributed by atoms with Crippen molar-refractivity contribution in [2.24, 2.45) is 0 Å². The number of hydrogen-bond donors (Lipinski definition) is 1. The molecule has 0 fully saturated rings. The lowest BCUT2D eigenvalue weighted by Crippen LogP contribution is -2.07. The van der Waals surface area contributed by atoms with E-state index in [2.05, 4.69) is 15.3 Å². The van der Waals surface area contributed by atoms with E-state index in [0.29, 0.717) is 12.4 Å². The average molecular weight is 244 g/mol. The van der Waals surface area contributed by atoms with Crippen molar-refractivity contribution < 1.29 is 4.92 Å². The van der Waals surface area contributed by atoms with E-state index in [1.807, 2.05) is 18.2 Å². The Morgan fingerprint density at radius 1 is 1.22 bits per heavy atom. The normalized spacial score (nSPS) is 10.0. The second-order valence-electron chi connectivity index (χ2n) is 3.65. The lowest BCUT2D eigenvalue weighted by molar-refractivity contribution is -0.384. The Kier molecular flexibility index (Phi) is 3.80. The Labute approximate surface area is 104 Å². The molecule has 2 aromatic rings. The summed E-state index contributed by atoms with van der Waals surface area (Å²) in [6, 6.07) is 8.50. The molecule has 0 saturated carbocycles. The number of hydrogen-bond acceptors (Lipinski definition) is 5. The summed E-state index contributed by atoms with van der Waals surface area (Å²) in [5.41, 5.74) is 1.00. The van der Waals surface area contributed by atoms with E-state index in [4.69, 9.17) is 0 Å². The number of nitro groups is 1. The Bertz CT molecular complexity index is 531. The molecule has 2 aromatic heterocycles. The minimum absolute atomic E-state index is 0.0327. The van der Waals surface area contributed by atoms with Crippen molar-refractivity contribution >= 4 is 11.5 Å². The third-order valence-corrected chi connectivity index (χ3v) is 2.37. The molecule has 0 saturated heterocycles. The van der Waals surface area contributed by atoms with Crippen molar-refractivity contribution in [3.63, 3.8) is 0 Å². The molecule has 0 amide bonds. The van der Waals surface area contributed by atoms with Crippen LogP contribution in [0.1, 0.15) is 5.69 Å². The van der Waals surface area contributed by atoms with Crippen LogP contribution in [0.3, 0.4) is 0 Å². The highest BCUT2D eigenvalue weighted by molar-refractivity contribution is 5.44. The van der Waals surface area contributed by atoms with E-state index in [-0.39, 0.29) is 5.69 Å². The van der Waals surface area contributed by atoms with Crippen LogP contribution in [0.4, 0.5) is 11.5 Å². The third kappa shape index (κ3) is 3.24. The highest BCUT2D eigenvalue weighted by Crippen LogP contribution is 2.13. The SMILES string of the molecule is O=[N+]([O-])c1ccnc(NCCc2ccccn2)c1. The van der Waals surface area contributed by atoms with E-state index in [1.54, 1.807) is 6.20 Å². The summed E-state index contributed by atoms with van der Waals surface area (Å²) in [4.78, 5) is 18.4. The fourth-order valence-electron chi connectivity index (χ4n) is 1.49. The maximum absolute atomic E-state index is 10.6. The van der Waals surface area contributed by atoms with E-state index in [1.165, 1.54) is 18.3 Å². The fraction of sp³-hybridized carbons (Fsp3) is 0.167. The molecule has 1 N–H and O–H groups in total. The van der Waals surface area contributed by atoms with Gasteiger partial charge in [-0.15, -0.1) is 0 Å². The number of pyridine rings is 2. The van der Waals surface area contributed by atoms with Gasteiger partial charge in [-0.2, -0.15) is 0 Å². The van der Waals surface area contributed by atoms with Crippen LogP contribution in [0.25, 0.3) is 0 Å². The van der Waals surface area contributed by atoms with Gasteiger partial charge in [0.25, 0.3) is 5.69 Å². The lowest BCUT2D eigenvalue weighted by Gasteiger charge is -2.04. The first-order chi connectivity index (χ1) is 8.75. The van der Waals surface area contributed by atoms with Crippen molar-refractivity contribution in [3.05, 3.63) is 58.5 Å². The maximum atomic E-state index is 10.6. The van der Waals surface area contributed by atoms with Crippen LogP contribution in [0, 0.1) is 10.1 Å². The van der Waals surface area contributed by atoms with Gasteiger partial charge in [0, 0.05) is 37.1 Å². The van der Waals surface area contributed by atoms with E-state index >= 15 is 0 Å². The molecule has 6 heteroatoms. The zero-order valence-electron chi connectivity index (χ0n) is 9.61. The van der Waals surface area contributed by atoms with Crippen LogP contribution in [0.15, 0.2) is 42.7 Å². The predicted molar refractivity (Wildman–Crippen MR) is 67.3 cm³/mol. The first-order valence-electron chi connectivity index (χ1n) is 5.50. The molecule has 0 unspecified atom stereocenters. The quantitative estimate of drug-likeness (QED) is 0.643. The molecule has 18 heavy (non-hydrogen) atoms. The van der Waals surface area contributed by atoms with Gasteiger partial charge in [-0.05, 0) is 12.1 Å². The van der Waals surface area contributed by atoms with Gasteiger partial charge >= 0.3 is 0 Å². The van der Waals surface area contributed by atoms with Crippen molar-refractivity contribution in [1.29, 1.82) is 0 Å². The Balaban J connectivity index is 1.90. The summed E-state index contributed by atoms with van der Waals surface area (Å²) in [5.74, 6) is 0.500. The smallest absolute Gasteiger partial charge is 0.274 e. The van der Waals surface area contributed by atoms with Crippen LogP contribution < -0.4 is 5.32 Å². The molecule has 6 nitrogen and oxygen atoms in total. The van der Waals surface area contributed by atoms with Gasteiger partial charge in [-0.3, -0.25) is 15.1 Å². The van der Waals surface area contributed by atoms with E-state index in [0.717, 1.165) is 12.1 Å². The van der Waals surface area contributed by atoms with Gasteiger partial charge in [0.15, 0.2) is 0 Å². The molecule has 0 spiro atoms. The molecule has 0 aromatic carbocycles. The zero-order chi connectivity index (χ0) is 12.8. The zero-order valence-corrected chi connectivity index (χ0v) is 9.61. The standard InChI is InChI=1S/C12H12N4O2/c17-16(18)11-5-8-15-12(9-11)14-7-4-10-3-1-2-6-13-10/h1-3,5-6,8-9H,4,7H2,(H,14,15). The maximum Gasteiger partial charge on any atom is 0.274 e. The molecular weight excluding hydrogens is 232 g/mol. The number of aromatic nitrogens is 2. The second kappa shape index (κ2) is 5.72. The highest BCUT2D eigenvalue weighted by Gasteiger charge is 2.06. The van der Waals surface area contributed by atoms with Crippen LogP contribution in [-0.2, 0) is 6.42 Å². The monoisotopic (exact) mass is 244 g/mol. The van der Waals surface area contributed by atoms with Crippen LogP contribution in [-0.4, -0.2) is 21.4 Å². The Morgan fingerprint density at radius 2 is 2.11 bits per heavy atom. The van der Waals surface area contributed by atoms with Crippen LogP contribution in [0.2, 0.25) is 0 Å². The van der Waals surface area contributed by atoms with Crippen molar-refractivity contribution in [2.75, 3.05) is 11.9 Å². The number of rotatable bonds is 5. The minimum atomic E-state index is -0.439. The minimum Gasteiger partial charge on any atom is -0.369 e. The lowest BCUT2D eigenvalue weighted by atomic mass is 10.3. The van der Waals surface area contributed by atoms with Crippen LogP contribution in [0.5, 0.6) is 0 Å². The topological polar surface area (TPSA) is 81.0 Å². The molecule has 2 heterocycles. The van der Waals surface area contributed by atoms with Crippen LogP contribution >= 0.6 is 0 Å². The van der Waals surface area contributed by atoms with Crippen molar-refractivity contribution in [1.82, 2.24) is 9.97 Å². The molecule has 0 bridgehead atoms. The van der Waals surface area contributed by atoms with Crippen molar-refractivity contribution in [3.8, 4) is 0 Å². The van der Waals surface area contributed by atoms with Gasteiger partial charge in [0.2, 0.25) is 0 Å². The number of nitrogens with one attached hydrogen (secondary N) is 1. The molecule has 2 rings (SSSR count). The summed E-state index contributed by atoms with van der Waals surface area (Å²) in [6.07, 6.45) is 3.90. The summed E-state index contributed by atoms with van der Waals surface area (Å²) >= 11 is 0. The van der Waals surface area contributed by atoms with E-state index in [9.17, 15) is 10.1 Å². The molecule has 0 aliphatic heterocycles. The summed E-state index contributed by atoms with van der Waals surface area (Å²) in [5, 5.41) is 13.6. The second-order valence-corrected chi connectivity index (χ2v) is 3.65. The Morgan fingerprint density at radius 3 is 2.83 bits per heavy atom. The van der Waals surface area contributed by atoms with E-state index < -0.39 is 4.92 Å². The van der Waals surface area contributed by atoms with Gasteiger partial charge in [-0.1, -0.05) is 6.07 Å². The summed E-state index contributed by atoms with van der Waals surface area (Å²) < 4.78 is 0. The summed E-state index contributed by atoms with van der Waals surface area (Å²) in [6.45, 7) is 0.630. The Hall–Kier alpha value is -2.50. The predicted octanol–water partition coefficient (Wildman–Crippen LogP) is 2.04. The molecule has 92 valence electrons. The number of anilines is 1. The molecule has 0 atom stereocenters. The van der Waals surface area contributed by atoms with Gasteiger partial charge in [0.05, 0.1) is 11.0 Å². The van der Waals surface area contributed by atoms with Gasteiger partial charge < -0.3 is 5.32 Å².